The SMILES string of the molecule is C[C@@H](NS(=O)(=O)c1ccc(F)cc1)C(=O)N[C@H](Cc1ccccc1)C(=O)C(=O)NCc1ccccn1. The van der Waals surface area contributed by atoms with Gasteiger partial charge in [-0.2, -0.15) is 4.72 Å². The van der Waals surface area contributed by atoms with Crippen LogP contribution in [0, 0.1) is 5.82 Å². The highest BCUT2D eigenvalue weighted by molar-refractivity contribution is 7.89. The van der Waals surface area contributed by atoms with Crippen LogP contribution in [0.2, 0.25) is 0 Å². The quantitative estimate of drug-likeness (QED) is 0.334. The Labute approximate surface area is 208 Å². The van der Waals surface area contributed by atoms with Crippen LogP contribution in [0.5, 0.6) is 0 Å². The summed E-state index contributed by atoms with van der Waals surface area (Å²) in [4.78, 5) is 42.2. The van der Waals surface area contributed by atoms with Gasteiger partial charge in [-0.3, -0.25) is 19.4 Å². The van der Waals surface area contributed by atoms with Crippen molar-refractivity contribution in [2.45, 2.75) is 36.9 Å². The smallest absolute Gasteiger partial charge is 0.289 e. The van der Waals surface area contributed by atoms with Gasteiger partial charge in [-0.1, -0.05) is 36.4 Å². The van der Waals surface area contributed by atoms with E-state index in [1.54, 1.807) is 54.7 Å². The number of ketones is 1. The fraction of sp³-hybridized carbons (Fsp3) is 0.200. The standard InChI is InChI=1S/C25H25FN4O5S/c1-17(30-36(34,35)21-12-10-19(26)11-13-21)24(32)29-22(15-18-7-3-2-4-8-18)23(31)25(33)28-16-20-9-5-6-14-27-20/h2-14,17,22,30H,15-16H2,1H3,(H,28,33)(H,29,32)/t17-,22-/m1/s1. The Hall–Kier alpha value is -3.96. The molecule has 3 aromatic rings. The van der Waals surface area contributed by atoms with E-state index in [1.165, 1.54) is 6.92 Å². The van der Waals surface area contributed by atoms with Gasteiger partial charge in [0.1, 0.15) is 11.9 Å². The van der Waals surface area contributed by atoms with E-state index in [4.69, 9.17) is 0 Å². The van der Waals surface area contributed by atoms with E-state index in [0.717, 1.165) is 24.3 Å². The summed E-state index contributed by atoms with van der Waals surface area (Å²) in [5.74, 6) is -3.23. The zero-order chi connectivity index (χ0) is 26.1. The first-order chi connectivity index (χ1) is 17.2. The average molecular weight is 513 g/mol. The van der Waals surface area contributed by atoms with E-state index >= 15 is 0 Å². The Morgan fingerprint density at radius 1 is 0.944 bits per heavy atom. The minimum atomic E-state index is -4.14. The molecule has 0 aliphatic heterocycles. The summed E-state index contributed by atoms with van der Waals surface area (Å²) in [6, 6.07) is 15.4. The highest BCUT2D eigenvalue weighted by Crippen LogP contribution is 2.11. The van der Waals surface area contributed by atoms with Gasteiger partial charge in [0.2, 0.25) is 21.7 Å². The number of rotatable bonds is 11. The van der Waals surface area contributed by atoms with E-state index < -0.39 is 45.5 Å². The summed E-state index contributed by atoms with van der Waals surface area (Å²) in [5, 5.41) is 4.96. The highest BCUT2D eigenvalue weighted by atomic mass is 32.2. The first-order valence-electron chi connectivity index (χ1n) is 11.0. The van der Waals surface area contributed by atoms with Gasteiger partial charge < -0.3 is 10.6 Å². The second-order valence-corrected chi connectivity index (χ2v) is 9.63. The van der Waals surface area contributed by atoms with Crippen molar-refractivity contribution in [1.82, 2.24) is 20.3 Å². The maximum Gasteiger partial charge on any atom is 0.289 e. The number of nitrogens with one attached hydrogen (secondary N) is 3. The van der Waals surface area contributed by atoms with Crippen LogP contribution in [0.4, 0.5) is 4.39 Å². The van der Waals surface area contributed by atoms with Crippen LogP contribution in [0.1, 0.15) is 18.2 Å². The third-order valence-electron chi connectivity index (χ3n) is 5.14. The maximum absolute atomic E-state index is 13.1. The number of nitrogens with zero attached hydrogens (tertiary/aromatic N) is 1. The Balaban J connectivity index is 1.70. The summed E-state index contributed by atoms with van der Waals surface area (Å²) in [5.41, 5.74) is 1.24. The van der Waals surface area contributed by atoms with Gasteiger partial charge >= 0.3 is 0 Å². The summed E-state index contributed by atoms with van der Waals surface area (Å²) >= 11 is 0. The molecule has 36 heavy (non-hydrogen) atoms. The predicted molar refractivity (Wildman–Crippen MR) is 129 cm³/mol. The van der Waals surface area contributed by atoms with Gasteiger partial charge in [0.25, 0.3) is 5.91 Å². The molecule has 0 saturated carbocycles. The molecule has 1 heterocycles. The molecule has 11 heteroatoms. The first-order valence-corrected chi connectivity index (χ1v) is 12.5. The fourth-order valence-corrected chi connectivity index (χ4v) is 4.45. The number of pyridine rings is 1. The van der Waals surface area contributed by atoms with Crippen molar-refractivity contribution in [1.29, 1.82) is 0 Å². The number of halogens is 1. The number of hydrogen-bond acceptors (Lipinski definition) is 6. The fourth-order valence-electron chi connectivity index (χ4n) is 3.24. The van der Waals surface area contributed by atoms with Crippen molar-refractivity contribution in [2.75, 3.05) is 0 Å². The Bertz CT molecular complexity index is 1300. The summed E-state index contributed by atoms with van der Waals surface area (Å²) in [7, 11) is -4.14. The number of carbonyl (C=O) groups excluding carboxylic acids is 3. The number of carbonyl (C=O) groups is 3. The number of amides is 2. The second-order valence-electron chi connectivity index (χ2n) is 7.92. The molecule has 3 rings (SSSR count). The molecule has 0 spiro atoms. The van der Waals surface area contributed by atoms with Gasteiger partial charge in [-0.05, 0) is 48.9 Å². The third-order valence-corrected chi connectivity index (χ3v) is 6.70. The normalized spacial score (nSPS) is 12.8. The van der Waals surface area contributed by atoms with E-state index in [1.807, 2.05) is 0 Å². The van der Waals surface area contributed by atoms with Crippen LogP contribution in [0.25, 0.3) is 0 Å². The van der Waals surface area contributed by atoms with Crippen molar-refractivity contribution >= 4 is 27.6 Å². The zero-order valence-corrected chi connectivity index (χ0v) is 20.2. The Morgan fingerprint density at radius 3 is 2.25 bits per heavy atom. The Kier molecular flexibility index (Phi) is 8.98. The van der Waals surface area contributed by atoms with Gasteiger partial charge in [-0.25, -0.2) is 12.8 Å². The molecular weight excluding hydrogens is 487 g/mol. The minimum Gasteiger partial charge on any atom is -0.344 e. The van der Waals surface area contributed by atoms with Crippen LogP contribution < -0.4 is 15.4 Å². The molecular formula is C25H25FN4O5S. The minimum absolute atomic E-state index is 0.0137. The lowest BCUT2D eigenvalue weighted by Crippen LogP contribution is -2.53. The average Bonchev–Trinajstić information content (AvgIpc) is 2.87. The lowest BCUT2D eigenvalue weighted by molar-refractivity contribution is -0.140. The van der Waals surface area contributed by atoms with E-state index in [0.29, 0.717) is 11.3 Å². The second kappa shape index (κ2) is 12.1. The molecule has 9 nitrogen and oxygen atoms in total. The molecule has 2 atom stereocenters. The first kappa shape index (κ1) is 26.6. The number of benzene rings is 2. The molecule has 0 aliphatic carbocycles. The lowest BCUT2D eigenvalue weighted by atomic mass is 10.0. The molecule has 0 radical (unpaired) electrons. The van der Waals surface area contributed by atoms with Gasteiger partial charge in [-0.15, -0.1) is 0 Å². The third kappa shape index (κ3) is 7.52. The summed E-state index contributed by atoms with van der Waals surface area (Å²) < 4.78 is 40.4. The number of sulfonamides is 1. The summed E-state index contributed by atoms with van der Waals surface area (Å²) in [6.07, 6.45) is 1.57. The van der Waals surface area contributed by atoms with Crippen molar-refractivity contribution < 1.29 is 27.2 Å². The van der Waals surface area contributed by atoms with Crippen molar-refractivity contribution in [3.05, 3.63) is 96.1 Å². The molecule has 3 N–H and O–H groups in total. The molecule has 2 amide bonds. The maximum atomic E-state index is 13.1. The lowest BCUT2D eigenvalue weighted by Gasteiger charge is -2.21. The van der Waals surface area contributed by atoms with E-state index in [9.17, 15) is 27.2 Å². The zero-order valence-electron chi connectivity index (χ0n) is 19.3. The van der Waals surface area contributed by atoms with Crippen LogP contribution in [-0.4, -0.2) is 43.1 Å². The topological polar surface area (TPSA) is 134 Å². The summed E-state index contributed by atoms with van der Waals surface area (Å²) in [6.45, 7) is 1.31. The van der Waals surface area contributed by atoms with Gasteiger partial charge in [0.15, 0.2) is 0 Å². The van der Waals surface area contributed by atoms with Crippen LogP contribution in [0.3, 0.4) is 0 Å². The largest absolute Gasteiger partial charge is 0.344 e. The van der Waals surface area contributed by atoms with Crippen molar-refractivity contribution in [3.8, 4) is 0 Å². The molecule has 2 aromatic carbocycles. The van der Waals surface area contributed by atoms with E-state index in [-0.39, 0.29) is 17.9 Å². The molecule has 0 saturated heterocycles. The number of hydrogen-bond donors (Lipinski definition) is 3. The highest BCUT2D eigenvalue weighted by Gasteiger charge is 2.30. The number of aromatic nitrogens is 1. The van der Waals surface area contributed by atoms with Crippen molar-refractivity contribution in [3.63, 3.8) is 0 Å². The van der Waals surface area contributed by atoms with E-state index in [2.05, 4.69) is 20.3 Å². The van der Waals surface area contributed by atoms with Gasteiger partial charge in [0.05, 0.1) is 23.2 Å². The molecule has 0 fully saturated rings. The predicted octanol–water partition coefficient (Wildman–Crippen LogP) is 1.50. The van der Waals surface area contributed by atoms with Crippen LogP contribution in [0.15, 0.2) is 83.9 Å². The molecule has 0 aliphatic rings. The van der Waals surface area contributed by atoms with Gasteiger partial charge in [0, 0.05) is 12.6 Å². The molecule has 0 unspecified atom stereocenters. The van der Waals surface area contributed by atoms with Crippen LogP contribution in [-0.2, 0) is 37.4 Å². The molecule has 1 aromatic heterocycles. The van der Waals surface area contributed by atoms with Crippen molar-refractivity contribution in [2.24, 2.45) is 0 Å². The molecule has 188 valence electrons. The Morgan fingerprint density at radius 2 is 1.61 bits per heavy atom. The molecule has 0 bridgehead atoms. The van der Waals surface area contributed by atoms with Crippen LogP contribution >= 0.6 is 0 Å². The number of Topliss-reactive ketones (excluding diaryl/α,β-unsaturated/α-hetero) is 1. The monoisotopic (exact) mass is 512 g/mol.